The van der Waals surface area contributed by atoms with Gasteiger partial charge in [-0.3, -0.25) is 0 Å². The summed E-state index contributed by atoms with van der Waals surface area (Å²) in [6.45, 7) is 0.346. The number of pyridine rings is 1. The molecule has 0 N–H and O–H groups in total. The molecular formula is C27H15BIrNSe2-. The summed E-state index contributed by atoms with van der Waals surface area (Å²) in [6, 6.07) is 37.0. The summed E-state index contributed by atoms with van der Waals surface area (Å²) in [7, 11) is 0. The molecule has 1 nitrogen and oxygen atoms in total. The fourth-order valence-electron chi connectivity index (χ4n) is 4.67. The summed E-state index contributed by atoms with van der Waals surface area (Å²) in [5.41, 5.74) is 7.72. The Balaban J connectivity index is 0.00000196. The average molecular weight is 714 g/mol. The molecule has 1 aromatic heterocycles. The third-order valence-corrected chi connectivity index (χ3v) is 10.8. The Labute approximate surface area is 213 Å². The van der Waals surface area contributed by atoms with E-state index in [0.29, 0.717) is 21.7 Å². The van der Waals surface area contributed by atoms with E-state index in [0.717, 1.165) is 16.8 Å². The molecular weight excluding hydrogens is 699 g/mol. The normalized spacial score (nSPS) is 13.1. The molecule has 0 fully saturated rings. The van der Waals surface area contributed by atoms with Crippen LogP contribution in [-0.2, 0) is 20.1 Å². The molecule has 5 heteroatoms. The molecule has 2 aliphatic heterocycles. The van der Waals surface area contributed by atoms with Gasteiger partial charge in [0.15, 0.2) is 0 Å². The maximum absolute atomic E-state index is 4.98. The van der Waals surface area contributed by atoms with Crippen LogP contribution in [0, 0.1) is 6.07 Å². The molecule has 32 heavy (non-hydrogen) atoms. The zero-order valence-corrected chi connectivity index (χ0v) is 22.7. The van der Waals surface area contributed by atoms with E-state index in [1.807, 2.05) is 0 Å². The Morgan fingerprint density at radius 3 is 2.19 bits per heavy atom. The molecule has 0 atom stereocenters. The van der Waals surface area contributed by atoms with Gasteiger partial charge in [0.05, 0.1) is 0 Å². The van der Waals surface area contributed by atoms with E-state index in [1.165, 1.54) is 39.6 Å². The molecule has 3 heterocycles. The molecule has 1 radical (unpaired) electrons. The monoisotopic (exact) mass is 717 g/mol. The molecule has 5 aromatic rings. The number of rotatable bonds is 1. The number of hydrogen-bond donors (Lipinski definition) is 0. The second kappa shape index (κ2) is 8.12. The van der Waals surface area contributed by atoms with Gasteiger partial charge < -0.3 is 0 Å². The van der Waals surface area contributed by atoms with E-state index in [2.05, 4.69) is 97.1 Å². The Bertz CT molecular complexity index is 1450. The van der Waals surface area contributed by atoms with Gasteiger partial charge in [0, 0.05) is 20.1 Å². The summed E-state index contributed by atoms with van der Waals surface area (Å²) >= 11 is 0.576. The molecule has 0 aliphatic carbocycles. The third kappa shape index (κ3) is 3.20. The Morgan fingerprint density at radius 2 is 1.38 bits per heavy atom. The van der Waals surface area contributed by atoms with Crippen LogP contribution < -0.4 is 34.2 Å². The van der Waals surface area contributed by atoms with Gasteiger partial charge in [-0.05, 0) is 0 Å². The van der Waals surface area contributed by atoms with Crippen LogP contribution in [0.4, 0.5) is 0 Å². The van der Waals surface area contributed by atoms with Gasteiger partial charge in [-0.1, -0.05) is 0 Å². The van der Waals surface area contributed by atoms with Crippen molar-refractivity contribution in [3.05, 3.63) is 97.1 Å². The second-order valence-electron chi connectivity index (χ2n) is 7.89. The van der Waals surface area contributed by atoms with E-state index >= 15 is 0 Å². The number of aromatic nitrogens is 1. The van der Waals surface area contributed by atoms with E-state index in [-0.39, 0.29) is 35.1 Å². The van der Waals surface area contributed by atoms with Gasteiger partial charge in [0.25, 0.3) is 0 Å². The van der Waals surface area contributed by atoms with Crippen LogP contribution in [0.5, 0.6) is 0 Å². The van der Waals surface area contributed by atoms with Crippen LogP contribution in [0.3, 0.4) is 0 Å². The predicted molar refractivity (Wildman–Crippen MR) is 134 cm³/mol. The summed E-state index contributed by atoms with van der Waals surface area (Å²) in [5, 5.41) is 1.18. The summed E-state index contributed by atoms with van der Waals surface area (Å²) in [6.07, 6.45) is 0. The van der Waals surface area contributed by atoms with Crippen molar-refractivity contribution in [2.75, 3.05) is 0 Å². The first kappa shape index (κ1) is 20.6. The number of fused-ring (bicyclic) bond motifs is 5. The quantitative estimate of drug-likeness (QED) is 0.175. The van der Waals surface area contributed by atoms with Crippen LogP contribution in [0.2, 0.25) is 0 Å². The predicted octanol–water partition coefficient (Wildman–Crippen LogP) is 0.152. The third-order valence-electron chi connectivity index (χ3n) is 6.09. The minimum atomic E-state index is 0. The van der Waals surface area contributed by atoms with Crippen LogP contribution in [-0.4, -0.2) is 41.6 Å². The molecule has 7 rings (SSSR count). The first-order chi connectivity index (χ1) is 15.3. The van der Waals surface area contributed by atoms with Crippen molar-refractivity contribution >= 4 is 81.8 Å². The zero-order valence-electron chi connectivity index (χ0n) is 16.8. The van der Waals surface area contributed by atoms with Crippen molar-refractivity contribution < 1.29 is 20.1 Å². The SMILES string of the molecule is [Ir].[c-]1c(-c2ccc3ccccc3n2)cc2c3c1[Se]c1ccccc1B3c1ccccc1[Se]2. The molecule has 0 saturated carbocycles. The van der Waals surface area contributed by atoms with Gasteiger partial charge in [0.1, 0.15) is 0 Å². The topological polar surface area (TPSA) is 12.9 Å². The maximum atomic E-state index is 4.98. The van der Waals surface area contributed by atoms with Crippen LogP contribution in [0.15, 0.2) is 91.0 Å². The van der Waals surface area contributed by atoms with Crippen molar-refractivity contribution in [1.29, 1.82) is 0 Å². The van der Waals surface area contributed by atoms with Gasteiger partial charge >= 0.3 is 195 Å². The van der Waals surface area contributed by atoms with Crippen molar-refractivity contribution in [2.24, 2.45) is 0 Å². The van der Waals surface area contributed by atoms with Crippen LogP contribution in [0.25, 0.3) is 22.2 Å². The van der Waals surface area contributed by atoms with Crippen molar-refractivity contribution in [2.45, 2.75) is 0 Å². The molecule has 0 unspecified atom stereocenters. The molecule has 153 valence electrons. The standard InChI is InChI=1S/C27H15BNSe2.Ir/c1-4-10-21-17(7-1)13-14-22(29-21)18-15-25-27-26(16-18)31-24-12-6-3-9-20(24)28(27)19-8-2-5-11-23(19)30-25;/h1-15H;/q-1;. The van der Waals surface area contributed by atoms with Gasteiger partial charge in [-0.25, -0.2) is 0 Å². The van der Waals surface area contributed by atoms with Crippen molar-refractivity contribution in [3.63, 3.8) is 0 Å². The van der Waals surface area contributed by atoms with Gasteiger partial charge in [-0.15, -0.1) is 0 Å². The molecule has 0 saturated heterocycles. The van der Waals surface area contributed by atoms with E-state index in [9.17, 15) is 0 Å². The van der Waals surface area contributed by atoms with Crippen molar-refractivity contribution in [1.82, 2.24) is 4.98 Å². The summed E-state index contributed by atoms with van der Waals surface area (Å²) in [4.78, 5) is 4.98. The Morgan fingerprint density at radius 1 is 0.688 bits per heavy atom. The number of hydrogen-bond acceptors (Lipinski definition) is 1. The minimum absolute atomic E-state index is 0. The van der Waals surface area contributed by atoms with Gasteiger partial charge in [0.2, 0.25) is 0 Å². The van der Waals surface area contributed by atoms with Gasteiger partial charge in [-0.2, -0.15) is 0 Å². The van der Waals surface area contributed by atoms with Crippen LogP contribution >= 0.6 is 0 Å². The van der Waals surface area contributed by atoms with Crippen molar-refractivity contribution in [3.8, 4) is 11.3 Å². The molecule has 4 aromatic carbocycles. The summed E-state index contributed by atoms with van der Waals surface area (Å²) < 4.78 is 5.91. The number of benzene rings is 4. The Kier molecular flexibility index (Phi) is 5.24. The average Bonchev–Trinajstić information content (AvgIpc) is 2.83. The molecule has 2 aliphatic rings. The zero-order chi connectivity index (χ0) is 20.4. The fraction of sp³-hybridized carbons (Fsp3) is 0. The Hall–Kier alpha value is -1.96. The second-order valence-corrected chi connectivity index (χ2v) is 12.4. The first-order valence-electron chi connectivity index (χ1n) is 10.3. The van der Waals surface area contributed by atoms with E-state index in [4.69, 9.17) is 4.98 Å². The molecule has 0 amide bonds. The molecule has 0 bridgehead atoms. The summed E-state index contributed by atoms with van der Waals surface area (Å²) in [5.74, 6) is 0. The first-order valence-corrected chi connectivity index (χ1v) is 13.8. The van der Waals surface area contributed by atoms with E-state index < -0.39 is 0 Å². The fourth-order valence-corrected chi connectivity index (χ4v) is 9.95. The number of nitrogens with zero attached hydrogens (tertiary/aromatic N) is 1. The van der Waals surface area contributed by atoms with E-state index in [1.54, 1.807) is 0 Å². The molecule has 0 spiro atoms. The number of para-hydroxylation sites is 1. The van der Waals surface area contributed by atoms with Crippen LogP contribution in [0.1, 0.15) is 0 Å².